The molecule has 5 heterocycles. The molecule has 5 atom stereocenters. The summed E-state index contributed by atoms with van der Waals surface area (Å²) in [5.41, 5.74) is 9.63. The standard InChI is InChI=1S/C55H65N9O13S/c1-30(2)48(61-47(66)25-58-46(65)23-56)50(68)59-31(3)49(67)60-35-9-7-32(8-10-35)27-77-54(72)64-40-21-45(43(74-5)19-38(40)52(70)63-29-55(12-13-55)22-41(63)53(64)71)76-15-6-14-75-44-20-39-37(18-42(44)73-4)51(69)62-26-34(17-36(62)24-57-39)33-11-16-78-28-33/h7-11,16,18-21,26,28,30-31,36,41,48,53,57,71H,6,12-15,17,22-25,27,29,56H2,1-5H3,(H,58,65)(H,59,68)(H,60,67)(H,61,66)/t31-,36-,41-,48-,53?/m0/s1. The number of nitrogens with two attached hydrogens (primary N) is 1. The molecule has 23 heteroatoms. The monoisotopic (exact) mass is 1090 g/mol. The number of anilines is 3. The molecular formula is C55H65N9O13S. The lowest BCUT2D eigenvalue weighted by Gasteiger charge is -2.31. The highest BCUT2D eigenvalue weighted by Crippen LogP contribution is 2.57. The van der Waals surface area contributed by atoms with Gasteiger partial charge in [0.15, 0.2) is 29.2 Å². The second-order valence-electron chi connectivity index (χ2n) is 20.5. The molecule has 414 valence electrons. The predicted molar refractivity (Wildman–Crippen MR) is 288 cm³/mol. The first-order chi connectivity index (χ1) is 37.5. The van der Waals surface area contributed by atoms with E-state index in [4.69, 9.17) is 29.4 Å². The smallest absolute Gasteiger partial charge is 0.416 e. The summed E-state index contributed by atoms with van der Waals surface area (Å²) < 4.78 is 29.7. The number of ether oxygens (including phenoxy) is 5. The van der Waals surface area contributed by atoms with Crippen LogP contribution in [0.5, 0.6) is 23.0 Å². The number of fused-ring (bicyclic) bond motifs is 4. The van der Waals surface area contributed by atoms with Crippen molar-refractivity contribution in [3.8, 4) is 23.0 Å². The molecule has 1 spiro atoms. The van der Waals surface area contributed by atoms with Crippen LogP contribution in [0.1, 0.15) is 84.7 Å². The molecule has 0 radical (unpaired) electrons. The van der Waals surface area contributed by atoms with Crippen molar-refractivity contribution in [3.05, 3.63) is 93.8 Å². The van der Waals surface area contributed by atoms with E-state index in [9.17, 15) is 38.7 Å². The number of hydrogen-bond donors (Lipinski definition) is 7. The molecule has 2 fully saturated rings. The fourth-order valence-corrected chi connectivity index (χ4v) is 10.9. The molecule has 1 saturated carbocycles. The van der Waals surface area contributed by atoms with E-state index < -0.39 is 54.1 Å². The Morgan fingerprint density at radius 3 is 2.23 bits per heavy atom. The normalized spacial score (nSPS) is 19.4. The Balaban J connectivity index is 0.830. The number of aliphatic hydroxyl groups excluding tert-OH is 1. The fraction of sp³-hybridized carbons (Fsp3) is 0.436. The van der Waals surface area contributed by atoms with Gasteiger partial charge in [-0.05, 0) is 102 Å². The van der Waals surface area contributed by atoms with E-state index in [0.29, 0.717) is 59.9 Å². The maximum atomic E-state index is 14.4. The van der Waals surface area contributed by atoms with Crippen molar-refractivity contribution in [2.75, 3.05) is 69.1 Å². The molecule has 78 heavy (non-hydrogen) atoms. The van der Waals surface area contributed by atoms with Crippen molar-refractivity contribution in [2.24, 2.45) is 17.1 Å². The molecule has 9 rings (SSSR count). The van der Waals surface area contributed by atoms with E-state index in [1.54, 1.807) is 71.4 Å². The zero-order valence-corrected chi connectivity index (χ0v) is 44.9. The SMILES string of the molecule is COc1cc2c(cc1OCCCOc1cc3c(cc1OC)C(=O)N1CC4(CC4)C[C@H]1C(O)N3C(=O)OCc1ccc(NC(=O)[C@H](C)NC(=O)[C@@H](NC(=O)CNC(=O)CN)C(C)C)cc1)NC[C@@H]1CC(c3ccsc3)=CN1C2=O. The predicted octanol–water partition coefficient (Wildman–Crippen LogP) is 4.42. The third kappa shape index (κ3) is 11.8. The molecule has 22 nitrogen and oxygen atoms in total. The lowest BCUT2D eigenvalue weighted by Crippen LogP contribution is -2.55. The van der Waals surface area contributed by atoms with Crippen LogP contribution in [0.4, 0.5) is 21.9 Å². The third-order valence-corrected chi connectivity index (χ3v) is 15.4. The van der Waals surface area contributed by atoms with Crippen molar-refractivity contribution >= 4 is 75.5 Å². The van der Waals surface area contributed by atoms with Crippen LogP contribution in [0.2, 0.25) is 0 Å². The van der Waals surface area contributed by atoms with E-state index in [0.717, 1.165) is 35.3 Å². The van der Waals surface area contributed by atoms with Gasteiger partial charge in [-0.15, -0.1) is 0 Å². The van der Waals surface area contributed by atoms with Gasteiger partial charge in [0.1, 0.15) is 18.7 Å². The summed E-state index contributed by atoms with van der Waals surface area (Å²) in [6.07, 6.45) is 2.99. The Morgan fingerprint density at radius 1 is 0.872 bits per heavy atom. The molecule has 1 aliphatic carbocycles. The minimum Gasteiger partial charge on any atom is -0.493 e. The number of benzene rings is 3. The van der Waals surface area contributed by atoms with Gasteiger partial charge < -0.3 is 70.9 Å². The third-order valence-electron chi connectivity index (χ3n) is 14.7. The average Bonchev–Trinajstić information content (AvgIpc) is 4.00. The summed E-state index contributed by atoms with van der Waals surface area (Å²) in [5.74, 6) is -1.81. The van der Waals surface area contributed by atoms with Crippen LogP contribution in [0.3, 0.4) is 0 Å². The Labute approximate surface area is 454 Å². The number of rotatable bonds is 20. The summed E-state index contributed by atoms with van der Waals surface area (Å²) in [5, 5.41) is 29.9. The van der Waals surface area contributed by atoms with E-state index >= 15 is 0 Å². The number of aliphatic hydroxyl groups is 1. The second kappa shape index (κ2) is 23.4. The minimum atomic E-state index is -1.47. The van der Waals surface area contributed by atoms with E-state index in [-0.39, 0.29) is 84.8 Å². The summed E-state index contributed by atoms with van der Waals surface area (Å²) in [4.78, 5) is 97.2. The molecule has 1 aromatic heterocycles. The Kier molecular flexibility index (Phi) is 16.4. The van der Waals surface area contributed by atoms with Crippen molar-refractivity contribution in [3.63, 3.8) is 0 Å². The number of thiophene rings is 1. The number of nitrogens with one attached hydrogen (secondary N) is 5. The number of carbonyl (C=O) groups is 7. The number of hydrogen-bond acceptors (Lipinski definition) is 16. The van der Waals surface area contributed by atoms with Crippen LogP contribution in [0, 0.1) is 11.3 Å². The van der Waals surface area contributed by atoms with E-state index in [1.165, 1.54) is 33.3 Å². The number of amides is 7. The van der Waals surface area contributed by atoms with Crippen molar-refractivity contribution in [1.82, 2.24) is 25.8 Å². The molecule has 4 aromatic rings. The highest BCUT2D eigenvalue weighted by Gasteiger charge is 2.58. The maximum absolute atomic E-state index is 14.4. The van der Waals surface area contributed by atoms with Crippen molar-refractivity contribution in [1.29, 1.82) is 0 Å². The lowest BCUT2D eigenvalue weighted by molar-refractivity contribution is -0.132. The van der Waals surface area contributed by atoms with Gasteiger partial charge >= 0.3 is 6.09 Å². The van der Waals surface area contributed by atoms with Gasteiger partial charge in [-0.3, -0.25) is 28.8 Å². The van der Waals surface area contributed by atoms with Crippen LogP contribution in [0.25, 0.3) is 5.57 Å². The van der Waals surface area contributed by atoms with Gasteiger partial charge in [-0.1, -0.05) is 26.0 Å². The maximum Gasteiger partial charge on any atom is 0.416 e. The summed E-state index contributed by atoms with van der Waals surface area (Å²) in [6.45, 7) is 5.34. The number of methoxy groups -OCH3 is 2. The first-order valence-corrected chi connectivity index (χ1v) is 26.8. The van der Waals surface area contributed by atoms with Crippen LogP contribution in [-0.2, 0) is 30.5 Å². The molecule has 8 N–H and O–H groups in total. The molecular weight excluding hydrogens is 1030 g/mol. The zero-order valence-electron chi connectivity index (χ0n) is 44.1. The quantitative estimate of drug-likeness (QED) is 0.0604. The average molecular weight is 1090 g/mol. The van der Waals surface area contributed by atoms with Crippen LogP contribution < -0.4 is 56.2 Å². The molecule has 3 aromatic carbocycles. The van der Waals surface area contributed by atoms with Gasteiger partial charge in [-0.2, -0.15) is 11.3 Å². The first-order valence-electron chi connectivity index (χ1n) is 25.9. The fourth-order valence-electron chi connectivity index (χ4n) is 10.2. The van der Waals surface area contributed by atoms with Crippen molar-refractivity contribution < 1.29 is 62.4 Å². The topological polar surface area (TPSA) is 282 Å². The number of carbonyl (C=O) groups excluding carboxylic acids is 7. The lowest BCUT2D eigenvalue weighted by atomic mass is 10.0. The van der Waals surface area contributed by atoms with Gasteiger partial charge in [0.05, 0.1) is 75.1 Å². The Morgan fingerprint density at radius 2 is 1.58 bits per heavy atom. The van der Waals surface area contributed by atoms with Crippen molar-refractivity contribution in [2.45, 2.75) is 89.9 Å². The van der Waals surface area contributed by atoms with Gasteiger partial charge in [0.2, 0.25) is 23.6 Å². The Hall–Kier alpha value is -7.89. The van der Waals surface area contributed by atoms with Gasteiger partial charge in [0.25, 0.3) is 11.8 Å². The van der Waals surface area contributed by atoms with Crippen LogP contribution in [0.15, 0.2) is 71.6 Å². The van der Waals surface area contributed by atoms with Gasteiger partial charge in [-0.25, -0.2) is 9.69 Å². The second-order valence-corrected chi connectivity index (χ2v) is 21.2. The Bertz CT molecular complexity index is 2980. The van der Waals surface area contributed by atoms with Crippen LogP contribution >= 0.6 is 11.3 Å². The van der Waals surface area contributed by atoms with Crippen LogP contribution in [-0.4, -0.2) is 140 Å². The summed E-state index contributed by atoms with van der Waals surface area (Å²) in [6, 6.07) is 12.3. The zero-order chi connectivity index (χ0) is 55.4. The molecule has 0 bridgehead atoms. The van der Waals surface area contributed by atoms with E-state index in [1.807, 2.05) is 11.6 Å². The summed E-state index contributed by atoms with van der Waals surface area (Å²) in [7, 11) is 2.96. The molecule has 7 amide bonds. The summed E-state index contributed by atoms with van der Waals surface area (Å²) >= 11 is 1.62. The number of nitrogens with zero attached hydrogens (tertiary/aromatic N) is 3. The first kappa shape index (κ1) is 54.9. The molecule has 4 aliphatic heterocycles. The van der Waals surface area contributed by atoms with E-state index in [2.05, 4.69) is 38.0 Å². The van der Waals surface area contributed by atoms with Gasteiger partial charge in [0, 0.05) is 43.5 Å². The largest absolute Gasteiger partial charge is 0.493 e. The highest BCUT2D eigenvalue weighted by molar-refractivity contribution is 7.08. The molecule has 1 saturated heterocycles. The molecule has 1 unspecified atom stereocenters. The molecule has 5 aliphatic rings. The minimum absolute atomic E-state index is 0.0417. The highest BCUT2D eigenvalue weighted by atomic mass is 32.1.